The van der Waals surface area contributed by atoms with Crippen LogP contribution in [0.5, 0.6) is 5.75 Å². The Balaban J connectivity index is 1.10. The number of nitrogens with zero attached hydrogens (tertiary/aromatic N) is 2. The van der Waals surface area contributed by atoms with E-state index in [1.165, 1.54) is 10.4 Å². The fourth-order valence-corrected chi connectivity index (χ4v) is 7.53. The molecule has 2 aliphatic rings. The second kappa shape index (κ2) is 12.9. The van der Waals surface area contributed by atoms with Gasteiger partial charge in [-0.3, -0.25) is 4.98 Å². The van der Waals surface area contributed by atoms with Crippen molar-refractivity contribution in [3.8, 4) is 5.75 Å². The van der Waals surface area contributed by atoms with Crippen molar-refractivity contribution in [3.05, 3.63) is 66.1 Å². The zero-order chi connectivity index (χ0) is 29.9. The van der Waals surface area contributed by atoms with E-state index in [4.69, 9.17) is 9.47 Å². The Bertz CT molecular complexity index is 1590. The lowest BCUT2D eigenvalue weighted by atomic mass is 9.88. The van der Waals surface area contributed by atoms with Crippen molar-refractivity contribution in [3.63, 3.8) is 0 Å². The van der Waals surface area contributed by atoms with Crippen LogP contribution in [0.25, 0.3) is 10.9 Å². The van der Waals surface area contributed by atoms with Gasteiger partial charge in [0.25, 0.3) is 0 Å². The third kappa shape index (κ3) is 6.91. The van der Waals surface area contributed by atoms with Crippen molar-refractivity contribution in [2.24, 2.45) is 0 Å². The third-order valence-electron chi connectivity index (χ3n) is 7.85. The van der Waals surface area contributed by atoms with Gasteiger partial charge in [-0.25, -0.2) is 21.2 Å². The molecule has 2 aromatic carbocycles. The first-order valence-corrected chi connectivity index (χ1v) is 16.4. The largest absolute Gasteiger partial charge is 0.491 e. The maximum atomic E-state index is 14.0. The molecule has 228 valence electrons. The van der Waals surface area contributed by atoms with Crippen LogP contribution in [0.1, 0.15) is 30.1 Å². The monoisotopic (exact) mass is 623 g/mol. The number of sulfonamides is 1. The standard InChI is InChI=1S/C28H34FN3O8S2/c29-21-10-20(27(16-33)41(35)36)11-24(13-21)39-18-23(34)15-31-22-14-28(40-17-22)5-8-32(9-6-28)42(37,38)25-3-4-26-19(12-25)2-1-7-30-26/h1-4,7,10-13,22-23,27,31,33-34,41H,5-6,8-9,14-18H2/t22-,23+,27?/m1/s1. The van der Waals surface area contributed by atoms with Gasteiger partial charge in [0.1, 0.15) is 40.2 Å². The second-order valence-corrected chi connectivity index (χ2v) is 13.9. The van der Waals surface area contributed by atoms with Crippen LogP contribution in [-0.2, 0) is 25.5 Å². The van der Waals surface area contributed by atoms with Crippen molar-refractivity contribution in [2.75, 3.05) is 39.5 Å². The molecule has 2 aliphatic heterocycles. The molecule has 5 rings (SSSR count). The molecule has 3 heterocycles. The number of hydrogen-bond acceptors (Lipinski definition) is 10. The number of hydrogen-bond donors (Lipinski definition) is 4. The van der Waals surface area contributed by atoms with Gasteiger partial charge in [0.2, 0.25) is 10.0 Å². The SMILES string of the molecule is O=[SH](=O)C(CO)c1cc(F)cc(OC[C@@H](O)CN[C@H]2COC3(CCN(S(=O)(=O)c4ccc5ncccc5c4)CC3)C2)c1. The zero-order valence-corrected chi connectivity index (χ0v) is 24.5. The molecule has 3 N–H and O–H groups in total. The van der Waals surface area contributed by atoms with Crippen molar-refractivity contribution in [1.82, 2.24) is 14.6 Å². The lowest BCUT2D eigenvalue weighted by Crippen LogP contribution is -2.47. The van der Waals surface area contributed by atoms with Crippen molar-refractivity contribution in [2.45, 2.75) is 47.2 Å². The second-order valence-electron chi connectivity index (χ2n) is 10.7. The van der Waals surface area contributed by atoms with Gasteiger partial charge >= 0.3 is 0 Å². The Morgan fingerprint density at radius 3 is 2.71 bits per heavy atom. The van der Waals surface area contributed by atoms with Gasteiger partial charge in [0.05, 0.1) is 29.2 Å². The van der Waals surface area contributed by atoms with Crippen LogP contribution < -0.4 is 10.1 Å². The molecule has 42 heavy (non-hydrogen) atoms. The van der Waals surface area contributed by atoms with Crippen LogP contribution in [0.2, 0.25) is 0 Å². The lowest BCUT2D eigenvalue weighted by molar-refractivity contribution is -0.0312. The molecule has 0 amide bonds. The molecule has 2 saturated heterocycles. The maximum Gasteiger partial charge on any atom is 0.243 e. The number of aliphatic hydroxyl groups is 2. The Morgan fingerprint density at radius 2 is 1.98 bits per heavy atom. The highest BCUT2D eigenvalue weighted by Gasteiger charge is 2.44. The number of rotatable bonds is 11. The number of aliphatic hydroxyl groups excluding tert-OH is 2. The minimum absolute atomic E-state index is 0.0459. The van der Waals surface area contributed by atoms with Crippen molar-refractivity contribution >= 4 is 31.6 Å². The van der Waals surface area contributed by atoms with Crippen LogP contribution in [0.15, 0.2) is 59.6 Å². The number of pyridine rings is 1. The van der Waals surface area contributed by atoms with Crippen LogP contribution >= 0.6 is 0 Å². The summed E-state index contributed by atoms with van der Waals surface area (Å²) in [5.41, 5.74) is 0.359. The highest BCUT2D eigenvalue weighted by molar-refractivity contribution is 7.89. The number of ether oxygens (including phenoxy) is 2. The number of benzene rings is 2. The van der Waals surface area contributed by atoms with Crippen LogP contribution in [0, 0.1) is 5.82 Å². The molecular weight excluding hydrogens is 589 g/mol. The molecule has 0 bridgehead atoms. The third-order valence-corrected chi connectivity index (χ3v) is 10.7. The van der Waals surface area contributed by atoms with Gasteiger partial charge in [-0.15, -0.1) is 0 Å². The topological polar surface area (TPSA) is 155 Å². The van der Waals surface area contributed by atoms with Gasteiger partial charge in [-0.05, 0) is 61.2 Å². The first-order valence-electron chi connectivity index (χ1n) is 13.7. The minimum atomic E-state index is -3.66. The maximum absolute atomic E-state index is 14.0. The summed E-state index contributed by atoms with van der Waals surface area (Å²) in [5.74, 6) is -0.670. The quantitative estimate of drug-likeness (QED) is 0.230. The smallest absolute Gasteiger partial charge is 0.243 e. The molecule has 1 unspecified atom stereocenters. The van der Waals surface area contributed by atoms with E-state index in [-0.39, 0.29) is 35.4 Å². The van der Waals surface area contributed by atoms with Gasteiger partial charge in [0, 0.05) is 43.3 Å². The normalized spacial score (nSPS) is 20.7. The predicted molar refractivity (Wildman–Crippen MR) is 153 cm³/mol. The average Bonchev–Trinajstić information content (AvgIpc) is 3.36. The number of nitrogens with one attached hydrogen (secondary N) is 1. The average molecular weight is 624 g/mol. The van der Waals surface area contributed by atoms with E-state index in [0.717, 1.165) is 23.0 Å². The van der Waals surface area contributed by atoms with E-state index in [0.29, 0.717) is 39.0 Å². The van der Waals surface area contributed by atoms with Gasteiger partial charge in [-0.2, -0.15) is 4.31 Å². The molecule has 3 aromatic rings. The lowest BCUT2D eigenvalue weighted by Gasteiger charge is -2.38. The fraction of sp³-hybridized carbons (Fsp3) is 0.464. The predicted octanol–water partition coefficient (Wildman–Crippen LogP) is 1.36. The Hall–Kier alpha value is -2.72. The fourth-order valence-electron chi connectivity index (χ4n) is 5.53. The van der Waals surface area contributed by atoms with E-state index in [1.54, 1.807) is 30.5 Å². The van der Waals surface area contributed by atoms with Crippen LogP contribution in [0.4, 0.5) is 4.39 Å². The molecule has 1 spiro atoms. The first-order chi connectivity index (χ1) is 20.1. The Labute approximate surface area is 245 Å². The molecule has 1 aromatic heterocycles. The highest BCUT2D eigenvalue weighted by Crippen LogP contribution is 2.37. The molecule has 14 heteroatoms. The number of aromatic nitrogens is 1. The van der Waals surface area contributed by atoms with E-state index >= 15 is 0 Å². The molecule has 0 radical (unpaired) electrons. The van der Waals surface area contributed by atoms with E-state index < -0.39 is 50.1 Å². The van der Waals surface area contributed by atoms with Crippen LogP contribution in [-0.4, -0.2) is 93.5 Å². The number of thiol groups is 1. The highest BCUT2D eigenvalue weighted by atomic mass is 32.2. The number of piperidine rings is 1. The molecule has 0 aliphatic carbocycles. The first kappa shape index (κ1) is 30.7. The molecule has 0 saturated carbocycles. The van der Waals surface area contributed by atoms with Crippen molar-refractivity contribution in [1.29, 1.82) is 0 Å². The van der Waals surface area contributed by atoms with Gasteiger partial charge < -0.3 is 25.0 Å². The summed E-state index contributed by atoms with van der Waals surface area (Å²) >= 11 is 0. The summed E-state index contributed by atoms with van der Waals surface area (Å²) in [6, 6.07) is 11.9. The van der Waals surface area contributed by atoms with E-state index in [9.17, 15) is 31.4 Å². The molecule has 11 nitrogen and oxygen atoms in total. The number of halogens is 1. The summed E-state index contributed by atoms with van der Waals surface area (Å²) in [7, 11) is -6.67. The Kier molecular flexibility index (Phi) is 9.42. The summed E-state index contributed by atoms with van der Waals surface area (Å²) < 4.78 is 76.4. The van der Waals surface area contributed by atoms with Crippen molar-refractivity contribution < 1.29 is 40.9 Å². The minimum Gasteiger partial charge on any atom is -0.491 e. The van der Waals surface area contributed by atoms with Crippen LogP contribution in [0.3, 0.4) is 0 Å². The molecule has 2 fully saturated rings. The van der Waals surface area contributed by atoms with E-state index in [1.807, 2.05) is 6.07 Å². The summed E-state index contributed by atoms with van der Waals surface area (Å²) in [6.07, 6.45) is 2.50. The summed E-state index contributed by atoms with van der Waals surface area (Å²) in [6.45, 7) is 0.416. The Morgan fingerprint density at radius 1 is 1.19 bits per heavy atom. The zero-order valence-electron chi connectivity index (χ0n) is 22.8. The van der Waals surface area contributed by atoms with Gasteiger partial charge in [-0.1, -0.05) is 6.07 Å². The summed E-state index contributed by atoms with van der Waals surface area (Å²) in [4.78, 5) is 4.49. The molecular formula is C28H34FN3O8S2. The van der Waals surface area contributed by atoms with Gasteiger partial charge in [0.15, 0.2) is 0 Å². The van der Waals surface area contributed by atoms with E-state index in [2.05, 4.69) is 10.3 Å². The molecule has 3 atom stereocenters. The summed E-state index contributed by atoms with van der Waals surface area (Å²) in [5, 5.41) is 22.5. The number of fused-ring (bicyclic) bond motifs is 1.